The molecule has 2 heterocycles. The van der Waals surface area contributed by atoms with Crippen LogP contribution in [-0.4, -0.2) is 11.9 Å². The summed E-state index contributed by atoms with van der Waals surface area (Å²) in [5.41, 5.74) is 5.61. The predicted molar refractivity (Wildman–Crippen MR) is 74.0 cm³/mol. The molecule has 0 fully saturated rings. The Morgan fingerprint density at radius 1 is 1.06 bits per heavy atom. The Balaban J connectivity index is 2.09. The summed E-state index contributed by atoms with van der Waals surface area (Å²) in [5.74, 6) is 0. The van der Waals surface area contributed by atoms with Crippen LogP contribution in [0.1, 0.15) is 35.2 Å². The molecular formula is C16H14ClN. The SMILES string of the molecule is CN1C2c3ccccc3C1(C)c1cc(Cl)ccc12. The van der Waals surface area contributed by atoms with Crippen LogP contribution in [0.5, 0.6) is 0 Å². The minimum Gasteiger partial charge on any atom is -0.282 e. The van der Waals surface area contributed by atoms with Crippen LogP contribution in [0, 0.1) is 0 Å². The Labute approximate surface area is 112 Å². The summed E-state index contributed by atoms with van der Waals surface area (Å²) >= 11 is 6.18. The highest BCUT2D eigenvalue weighted by molar-refractivity contribution is 6.30. The molecule has 2 aromatic carbocycles. The maximum atomic E-state index is 6.18. The molecule has 2 aliphatic heterocycles. The van der Waals surface area contributed by atoms with Gasteiger partial charge in [0.25, 0.3) is 0 Å². The van der Waals surface area contributed by atoms with Gasteiger partial charge in [0.05, 0.1) is 11.6 Å². The molecule has 0 saturated carbocycles. The molecule has 0 aliphatic carbocycles. The van der Waals surface area contributed by atoms with Crippen molar-refractivity contribution in [2.24, 2.45) is 0 Å². The second-order valence-corrected chi connectivity index (χ2v) is 5.84. The lowest BCUT2D eigenvalue weighted by atomic mass is 9.78. The zero-order valence-electron chi connectivity index (χ0n) is 10.4. The van der Waals surface area contributed by atoms with Gasteiger partial charge >= 0.3 is 0 Å². The van der Waals surface area contributed by atoms with Crippen LogP contribution >= 0.6 is 11.6 Å². The van der Waals surface area contributed by atoms with E-state index in [4.69, 9.17) is 11.6 Å². The number of nitrogens with zero attached hydrogens (tertiary/aromatic N) is 1. The first-order valence-corrected chi connectivity index (χ1v) is 6.64. The fourth-order valence-corrected chi connectivity index (χ4v) is 3.91. The first kappa shape index (κ1) is 10.6. The van der Waals surface area contributed by atoms with E-state index in [9.17, 15) is 0 Å². The first-order valence-electron chi connectivity index (χ1n) is 6.26. The van der Waals surface area contributed by atoms with Crippen LogP contribution in [0.4, 0.5) is 0 Å². The van der Waals surface area contributed by atoms with E-state index in [1.165, 1.54) is 22.3 Å². The van der Waals surface area contributed by atoms with Gasteiger partial charge in [0.2, 0.25) is 0 Å². The molecule has 4 rings (SSSR count). The zero-order chi connectivity index (χ0) is 12.5. The molecule has 0 saturated heterocycles. The topological polar surface area (TPSA) is 3.24 Å². The summed E-state index contributed by atoms with van der Waals surface area (Å²) in [6.45, 7) is 2.30. The molecule has 90 valence electrons. The van der Waals surface area contributed by atoms with Gasteiger partial charge in [-0.1, -0.05) is 41.9 Å². The highest BCUT2D eigenvalue weighted by Crippen LogP contribution is 2.58. The summed E-state index contributed by atoms with van der Waals surface area (Å²) in [4.78, 5) is 2.46. The van der Waals surface area contributed by atoms with Crippen molar-refractivity contribution in [3.63, 3.8) is 0 Å². The maximum Gasteiger partial charge on any atom is 0.0699 e. The minimum atomic E-state index is -0.0263. The molecule has 0 amide bonds. The minimum absolute atomic E-state index is 0.0263. The quantitative estimate of drug-likeness (QED) is 0.689. The molecular weight excluding hydrogens is 242 g/mol. The molecule has 0 radical (unpaired) electrons. The average molecular weight is 256 g/mol. The van der Waals surface area contributed by atoms with E-state index in [1.54, 1.807) is 0 Å². The summed E-state index contributed by atoms with van der Waals surface area (Å²) in [5, 5.41) is 0.827. The second-order valence-electron chi connectivity index (χ2n) is 5.40. The van der Waals surface area contributed by atoms with Gasteiger partial charge in [-0.2, -0.15) is 0 Å². The van der Waals surface area contributed by atoms with Gasteiger partial charge in [-0.15, -0.1) is 0 Å². The Morgan fingerprint density at radius 2 is 1.78 bits per heavy atom. The van der Waals surface area contributed by atoms with Crippen molar-refractivity contribution in [2.45, 2.75) is 18.5 Å². The first-order chi connectivity index (χ1) is 8.64. The Morgan fingerprint density at radius 3 is 2.61 bits per heavy atom. The lowest BCUT2D eigenvalue weighted by molar-refractivity contribution is 0.204. The lowest BCUT2D eigenvalue weighted by Gasteiger charge is -2.30. The average Bonchev–Trinajstić information content (AvgIpc) is 2.73. The van der Waals surface area contributed by atoms with Crippen LogP contribution in [0.15, 0.2) is 42.5 Å². The molecule has 1 nitrogen and oxygen atoms in total. The van der Waals surface area contributed by atoms with Gasteiger partial charge in [0.1, 0.15) is 0 Å². The third-order valence-electron chi connectivity index (χ3n) is 4.71. The standard InChI is InChI=1S/C16H14ClN/c1-16-13-6-4-3-5-11(13)15(18(16)2)12-8-7-10(17)9-14(12)16/h3-9,15H,1-2H3. The van der Waals surface area contributed by atoms with Gasteiger partial charge in [-0.25, -0.2) is 0 Å². The van der Waals surface area contributed by atoms with Gasteiger partial charge in [-0.05, 0) is 48.4 Å². The number of benzene rings is 2. The van der Waals surface area contributed by atoms with E-state index >= 15 is 0 Å². The summed E-state index contributed by atoms with van der Waals surface area (Å²) in [6, 6.07) is 15.5. The summed E-state index contributed by atoms with van der Waals surface area (Å²) in [6.07, 6.45) is 0. The van der Waals surface area contributed by atoms with Crippen molar-refractivity contribution in [1.29, 1.82) is 0 Å². The van der Waals surface area contributed by atoms with E-state index in [0.29, 0.717) is 6.04 Å². The van der Waals surface area contributed by atoms with Crippen LogP contribution in [0.3, 0.4) is 0 Å². The fraction of sp³-hybridized carbons (Fsp3) is 0.250. The maximum absolute atomic E-state index is 6.18. The monoisotopic (exact) mass is 255 g/mol. The largest absolute Gasteiger partial charge is 0.282 e. The van der Waals surface area contributed by atoms with Crippen molar-refractivity contribution >= 4 is 11.6 Å². The number of halogens is 1. The second kappa shape index (κ2) is 3.17. The molecule has 0 aromatic heterocycles. The molecule has 2 bridgehead atoms. The number of hydrogen-bond donors (Lipinski definition) is 0. The predicted octanol–water partition coefficient (Wildman–Crippen LogP) is 3.95. The van der Waals surface area contributed by atoms with E-state index in [0.717, 1.165) is 5.02 Å². The van der Waals surface area contributed by atoms with E-state index in [-0.39, 0.29) is 5.54 Å². The highest BCUT2D eigenvalue weighted by atomic mass is 35.5. The van der Waals surface area contributed by atoms with Crippen LogP contribution in [-0.2, 0) is 5.54 Å². The molecule has 2 atom stereocenters. The van der Waals surface area contributed by atoms with Crippen molar-refractivity contribution < 1.29 is 0 Å². The Hall–Kier alpha value is -1.31. The number of fused-ring (bicyclic) bond motifs is 8. The van der Waals surface area contributed by atoms with Crippen LogP contribution in [0.25, 0.3) is 0 Å². The molecule has 2 heteroatoms. The fourth-order valence-electron chi connectivity index (χ4n) is 3.74. The van der Waals surface area contributed by atoms with Crippen LogP contribution < -0.4 is 0 Å². The molecule has 2 aromatic rings. The van der Waals surface area contributed by atoms with Crippen molar-refractivity contribution in [3.05, 3.63) is 69.7 Å². The molecule has 2 unspecified atom stereocenters. The van der Waals surface area contributed by atoms with Gasteiger partial charge < -0.3 is 0 Å². The zero-order valence-corrected chi connectivity index (χ0v) is 11.2. The summed E-state index contributed by atoms with van der Waals surface area (Å²) < 4.78 is 0. The summed E-state index contributed by atoms with van der Waals surface area (Å²) in [7, 11) is 2.21. The van der Waals surface area contributed by atoms with Crippen molar-refractivity contribution in [3.8, 4) is 0 Å². The number of hydrogen-bond acceptors (Lipinski definition) is 1. The highest BCUT2D eigenvalue weighted by Gasteiger charge is 2.53. The van der Waals surface area contributed by atoms with Crippen molar-refractivity contribution in [2.75, 3.05) is 7.05 Å². The lowest BCUT2D eigenvalue weighted by Crippen LogP contribution is -2.32. The van der Waals surface area contributed by atoms with Crippen molar-refractivity contribution in [1.82, 2.24) is 4.90 Å². The third-order valence-corrected chi connectivity index (χ3v) is 4.94. The molecule has 2 aliphatic rings. The number of rotatable bonds is 0. The van der Waals surface area contributed by atoms with Gasteiger partial charge in [-0.3, -0.25) is 4.90 Å². The van der Waals surface area contributed by atoms with E-state index in [2.05, 4.69) is 55.3 Å². The molecule has 0 spiro atoms. The molecule has 0 N–H and O–H groups in total. The smallest absolute Gasteiger partial charge is 0.0699 e. The third kappa shape index (κ3) is 0.992. The Bertz CT molecular complexity index is 664. The van der Waals surface area contributed by atoms with Gasteiger partial charge in [0.15, 0.2) is 0 Å². The normalized spacial score (nSPS) is 28.3. The Kier molecular flexibility index (Phi) is 1.87. The van der Waals surface area contributed by atoms with Gasteiger partial charge in [0, 0.05) is 5.02 Å². The molecule has 18 heavy (non-hydrogen) atoms. The van der Waals surface area contributed by atoms with E-state index in [1.807, 2.05) is 6.07 Å². The van der Waals surface area contributed by atoms with Crippen LogP contribution in [0.2, 0.25) is 5.02 Å². The van der Waals surface area contributed by atoms with E-state index < -0.39 is 0 Å².